The van der Waals surface area contributed by atoms with E-state index in [9.17, 15) is 4.79 Å². The van der Waals surface area contributed by atoms with E-state index in [0.29, 0.717) is 5.56 Å². The average molecular weight is 170 g/mol. The van der Waals surface area contributed by atoms with Crippen LogP contribution in [0.2, 0.25) is 0 Å². The fourth-order valence-electron chi connectivity index (χ4n) is 0.768. The molecule has 1 aromatic rings. The number of nitrogen functional groups attached to an aromatic ring is 1. The Balaban J connectivity index is 2.80. The Kier molecular flexibility index (Phi) is 2.62. The van der Waals surface area contributed by atoms with E-state index in [1.165, 1.54) is 4.88 Å². The third kappa shape index (κ3) is 1.78. The number of hydrogen-bond acceptors (Lipinski definition) is 3. The summed E-state index contributed by atoms with van der Waals surface area (Å²) >= 11 is 1.58. The Morgan fingerprint density at radius 3 is 3.00 bits per heavy atom. The molecule has 60 valence electrons. The normalized spacial score (nSPS) is 9.64. The Labute approximate surface area is 69.2 Å². The van der Waals surface area contributed by atoms with Gasteiger partial charge in [0.25, 0.3) is 5.91 Å². The molecule has 0 aromatic carbocycles. The minimum atomic E-state index is -0.221. The minimum Gasteiger partial charge on any atom is -0.290 e. The number of thiophene rings is 1. The van der Waals surface area contributed by atoms with Crippen molar-refractivity contribution in [1.82, 2.24) is 5.43 Å². The second-order valence-corrected chi connectivity index (χ2v) is 3.12. The van der Waals surface area contributed by atoms with Gasteiger partial charge in [0.05, 0.1) is 5.56 Å². The highest BCUT2D eigenvalue weighted by Crippen LogP contribution is 2.14. The van der Waals surface area contributed by atoms with Gasteiger partial charge in [-0.1, -0.05) is 6.92 Å². The van der Waals surface area contributed by atoms with E-state index in [1.54, 1.807) is 16.7 Å². The third-order valence-corrected chi connectivity index (χ3v) is 2.48. The first-order valence-corrected chi connectivity index (χ1v) is 4.24. The van der Waals surface area contributed by atoms with Crippen LogP contribution in [0, 0.1) is 0 Å². The molecule has 0 atom stereocenters. The van der Waals surface area contributed by atoms with Crippen LogP contribution in [0.1, 0.15) is 22.2 Å². The lowest BCUT2D eigenvalue weighted by Gasteiger charge is -1.91. The van der Waals surface area contributed by atoms with Crippen LogP contribution in [-0.2, 0) is 6.42 Å². The van der Waals surface area contributed by atoms with Gasteiger partial charge in [-0.05, 0) is 12.5 Å². The van der Waals surface area contributed by atoms with Gasteiger partial charge in [-0.15, -0.1) is 11.3 Å². The van der Waals surface area contributed by atoms with Crippen LogP contribution in [0.5, 0.6) is 0 Å². The molecule has 0 aliphatic carbocycles. The zero-order chi connectivity index (χ0) is 8.27. The van der Waals surface area contributed by atoms with E-state index in [1.807, 2.05) is 6.07 Å². The minimum absolute atomic E-state index is 0.221. The van der Waals surface area contributed by atoms with Crippen molar-refractivity contribution < 1.29 is 4.79 Å². The highest BCUT2D eigenvalue weighted by atomic mass is 32.1. The molecule has 1 aromatic heterocycles. The van der Waals surface area contributed by atoms with Gasteiger partial charge in [-0.2, -0.15) is 0 Å². The van der Waals surface area contributed by atoms with Crippen LogP contribution in [0.4, 0.5) is 0 Å². The van der Waals surface area contributed by atoms with E-state index in [0.717, 1.165) is 6.42 Å². The molecule has 0 saturated heterocycles. The molecule has 11 heavy (non-hydrogen) atoms. The summed E-state index contributed by atoms with van der Waals surface area (Å²) in [6.45, 7) is 2.05. The van der Waals surface area contributed by atoms with Gasteiger partial charge in [0.2, 0.25) is 0 Å². The van der Waals surface area contributed by atoms with Gasteiger partial charge in [-0.25, -0.2) is 5.84 Å². The zero-order valence-corrected chi connectivity index (χ0v) is 7.07. The Morgan fingerprint density at radius 2 is 2.55 bits per heavy atom. The predicted molar refractivity (Wildman–Crippen MR) is 45.4 cm³/mol. The van der Waals surface area contributed by atoms with Crippen molar-refractivity contribution in [3.8, 4) is 0 Å². The number of rotatable bonds is 2. The maximum atomic E-state index is 10.9. The monoisotopic (exact) mass is 170 g/mol. The standard InChI is InChI=1S/C7H10N2OS/c1-2-6-3-5(4-11-6)7(10)9-8/h3-4H,2,8H2,1H3,(H,9,10). The number of carbonyl (C=O) groups excluding carboxylic acids is 1. The molecule has 0 saturated carbocycles. The molecule has 1 amide bonds. The number of aryl methyl sites for hydroxylation is 1. The largest absolute Gasteiger partial charge is 0.290 e. The van der Waals surface area contributed by atoms with Crippen molar-refractivity contribution in [3.05, 3.63) is 21.9 Å². The molecule has 3 N–H and O–H groups in total. The number of hydrazine groups is 1. The summed E-state index contributed by atoms with van der Waals surface area (Å²) in [5, 5.41) is 1.81. The summed E-state index contributed by atoms with van der Waals surface area (Å²) in [5.74, 6) is 4.74. The van der Waals surface area contributed by atoms with Crippen molar-refractivity contribution >= 4 is 17.2 Å². The van der Waals surface area contributed by atoms with Crippen molar-refractivity contribution in [2.45, 2.75) is 13.3 Å². The zero-order valence-electron chi connectivity index (χ0n) is 6.26. The van der Waals surface area contributed by atoms with Gasteiger partial charge in [0.1, 0.15) is 0 Å². The summed E-state index contributed by atoms with van der Waals surface area (Å²) in [6, 6.07) is 1.85. The first-order valence-electron chi connectivity index (χ1n) is 3.36. The number of nitrogens with two attached hydrogens (primary N) is 1. The summed E-state index contributed by atoms with van der Waals surface area (Å²) in [7, 11) is 0. The molecule has 0 radical (unpaired) electrons. The molecule has 0 bridgehead atoms. The molecule has 0 fully saturated rings. The number of amides is 1. The fraction of sp³-hybridized carbons (Fsp3) is 0.286. The van der Waals surface area contributed by atoms with Gasteiger partial charge in [-0.3, -0.25) is 10.2 Å². The van der Waals surface area contributed by atoms with Crippen LogP contribution in [0.25, 0.3) is 0 Å². The lowest BCUT2D eigenvalue weighted by atomic mass is 10.3. The topological polar surface area (TPSA) is 55.1 Å². The molecule has 0 unspecified atom stereocenters. The fourth-order valence-corrected chi connectivity index (χ4v) is 1.58. The van der Waals surface area contributed by atoms with E-state index >= 15 is 0 Å². The third-order valence-electron chi connectivity index (χ3n) is 1.40. The van der Waals surface area contributed by atoms with Gasteiger partial charge < -0.3 is 0 Å². The summed E-state index contributed by atoms with van der Waals surface area (Å²) in [5.41, 5.74) is 2.73. The van der Waals surface area contributed by atoms with E-state index in [4.69, 9.17) is 5.84 Å². The predicted octanol–water partition coefficient (Wildman–Crippen LogP) is 0.914. The molecule has 1 rings (SSSR count). The van der Waals surface area contributed by atoms with E-state index < -0.39 is 0 Å². The summed E-state index contributed by atoms with van der Waals surface area (Å²) in [6.07, 6.45) is 0.961. The van der Waals surface area contributed by atoms with Gasteiger partial charge >= 0.3 is 0 Å². The molecule has 3 nitrogen and oxygen atoms in total. The molecule has 1 heterocycles. The van der Waals surface area contributed by atoms with Crippen LogP contribution >= 0.6 is 11.3 Å². The summed E-state index contributed by atoms with van der Waals surface area (Å²) in [4.78, 5) is 12.1. The van der Waals surface area contributed by atoms with E-state index in [-0.39, 0.29) is 5.91 Å². The van der Waals surface area contributed by atoms with Gasteiger partial charge in [0, 0.05) is 10.3 Å². The first kappa shape index (κ1) is 8.23. The molecular formula is C7H10N2OS. The number of hydrogen-bond donors (Lipinski definition) is 2. The highest BCUT2D eigenvalue weighted by molar-refractivity contribution is 7.10. The van der Waals surface area contributed by atoms with Crippen LogP contribution in [0.3, 0.4) is 0 Å². The highest BCUT2D eigenvalue weighted by Gasteiger charge is 2.04. The van der Waals surface area contributed by atoms with Crippen LogP contribution < -0.4 is 11.3 Å². The van der Waals surface area contributed by atoms with Crippen molar-refractivity contribution in [1.29, 1.82) is 0 Å². The Bertz CT molecular complexity index is 257. The Hall–Kier alpha value is -0.870. The number of nitrogens with one attached hydrogen (secondary N) is 1. The summed E-state index contributed by atoms with van der Waals surface area (Å²) < 4.78 is 0. The quantitative estimate of drug-likeness (QED) is 0.394. The van der Waals surface area contributed by atoms with Crippen molar-refractivity contribution in [2.75, 3.05) is 0 Å². The number of carbonyl (C=O) groups is 1. The Morgan fingerprint density at radius 1 is 1.82 bits per heavy atom. The second kappa shape index (κ2) is 3.50. The molecular weight excluding hydrogens is 160 g/mol. The van der Waals surface area contributed by atoms with Crippen molar-refractivity contribution in [2.24, 2.45) is 5.84 Å². The molecule has 0 aliphatic rings. The first-order chi connectivity index (χ1) is 5.27. The lowest BCUT2D eigenvalue weighted by molar-refractivity contribution is 0.0954. The van der Waals surface area contributed by atoms with Crippen LogP contribution in [-0.4, -0.2) is 5.91 Å². The average Bonchev–Trinajstić information content (AvgIpc) is 2.50. The van der Waals surface area contributed by atoms with Crippen LogP contribution in [0.15, 0.2) is 11.4 Å². The van der Waals surface area contributed by atoms with Gasteiger partial charge in [0.15, 0.2) is 0 Å². The second-order valence-electron chi connectivity index (χ2n) is 2.13. The maximum Gasteiger partial charge on any atom is 0.266 e. The SMILES string of the molecule is CCc1cc(C(=O)NN)cs1. The molecule has 0 aliphatic heterocycles. The smallest absolute Gasteiger partial charge is 0.266 e. The van der Waals surface area contributed by atoms with Crippen molar-refractivity contribution in [3.63, 3.8) is 0 Å². The molecule has 4 heteroatoms. The maximum absolute atomic E-state index is 10.9. The molecule has 0 spiro atoms. The lowest BCUT2D eigenvalue weighted by Crippen LogP contribution is -2.29. The van der Waals surface area contributed by atoms with E-state index in [2.05, 4.69) is 12.3 Å².